The van der Waals surface area contributed by atoms with E-state index < -0.39 is 0 Å². The van der Waals surface area contributed by atoms with Gasteiger partial charge in [0.25, 0.3) is 0 Å². The average Bonchev–Trinajstić information content (AvgIpc) is 2.24. The monoisotopic (exact) mass is 220 g/mol. The van der Waals surface area contributed by atoms with E-state index in [2.05, 4.69) is 38.7 Å². The minimum absolute atomic E-state index is 0.149. The highest BCUT2D eigenvalue weighted by Crippen LogP contribution is 2.21. The van der Waals surface area contributed by atoms with Crippen LogP contribution in [0.1, 0.15) is 59.3 Å². The molecule has 1 heteroatoms. The molecule has 0 aromatic heterocycles. The van der Waals surface area contributed by atoms with Crippen molar-refractivity contribution in [3.05, 3.63) is 11.8 Å². The summed E-state index contributed by atoms with van der Waals surface area (Å²) in [4.78, 5) is 0. The van der Waals surface area contributed by atoms with E-state index in [0.29, 0.717) is 5.92 Å². The second kappa shape index (κ2) is 7.39. The number of ether oxygens (including phenoxy) is 1. The molecule has 1 atom stereocenters. The third-order valence-electron chi connectivity index (χ3n) is 2.62. The van der Waals surface area contributed by atoms with E-state index >= 15 is 0 Å². The Morgan fingerprint density at radius 1 is 1.50 bits per heavy atom. The van der Waals surface area contributed by atoms with E-state index in [0.717, 1.165) is 31.4 Å². The van der Waals surface area contributed by atoms with Crippen molar-refractivity contribution in [2.24, 2.45) is 5.92 Å². The van der Waals surface area contributed by atoms with Gasteiger partial charge in [-0.3, -0.25) is 0 Å². The second-order valence-electron chi connectivity index (χ2n) is 4.88. The Morgan fingerprint density at radius 3 is 3.00 bits per heavy atom. The Morgan fingerprint density at radius 2 is 2.31 bits per heavy atom. The number of rotatable bonds is 4. The van der Waals surface area contributed by atoms with E-state index in [-0.39, 0.29) is 6.10 Å². The zero-order valence-electron chi connectivity index (χ0n) is 10.9. The highest BCUT2D eigenvalue weighted by molar-refractivity contribution is 5.10. The van der Waals surface area contributed by atoms with E-state index in [9.17, 15) is 0 Å². The molecule has 0 amide bonds. The Hall–Kier alpha value is -0.900. The molecular formula is C15H24O. The minimum atomic E-state index is 0.149. The number of hydrogen-bond acceptors (Lipinski definition) is 1. The number of unbranched alkanes of at least 4 members (excludes halogenated alkanes) is 2. The minimum Gasteiger partial charge on any atom is -0.482 e. The fourth-order valence-corrected chi connectivity index (χ4v) is 1.77. The highest BCUT2D eigenvalue weighted by atomic mass is 16.5. The van der Waals surface area contributed by atoms with Crippen molar-refractivity contribution < 1.29 is 4.74 Å². The van der Waals surface area contributed by atoms with Crippen LogP contribution in [0.15, 0.2) is 11.8 Å². The molecule has 1 aliphatic rings. The molecule has 0 aromatic rings. The van der Waals surface area contributed by atoms with Gasteiger partial charge in [0.2, 0.25) is 0 Å². The molecule has 90 valence electrons. The van der Waals surface area contributed by atoms with Gasteiger partial charge in [-0.25, -0.2) is 0 Å². The van der Waals surface area contributed by atoms with Crippen LogP contribution in [0.5, 0.6) is 0 Å². The summed E-state index contributed by atoms with van der Waals surface area (Å²) in [7, 11) is 0. The summed E-state index contributed by atoms with van der Waals surface area (Å²) >= 11 is 0. The van der Waals surface area contributed by atoms with Crippen LogP contribution in [0, 0.1) is 17.8 Å². The molecule has 0 fully saturated rings. The van der Waals surface area contributed by atoms with Crippen molar-refractivity contribution in [2.75, 3.05) is 0 Å². The Balaban J connectivity index is 2.35. The largest absolute Gasteiger partial charge is 0.482 e. The Kier molecular flexibility index (Phi) is 6.08. The molecule has 0 aliphatic carbocycles. The predicted molar refractivity (Wildman–Crippen MR) is 68.9 cm³/mol. The topological polar surface area (TPSA) is 9.23 Å². The molecule has 0 saturated carbocycles. The van der Waals surface area contributed by atoms with Gasteiger partial charge in [0.05, 0.1) is 5.76 Å². The van der Waals surface area contributed by atoms with Gasteiger partial charge in [0.1, 0.15) is 0 Å². The van der Waals surface area contributed by atoms with Crippen molar-refractivity contribution in [1.29, 1.82) is 0 Å². The van der Waals surface area contributed by atoms with Crippen molar-refractivity contribution in [3.8, 4) is 11.8 Å². The van der Waals surface area contributed by atoms with Gasteiger partial charge in [0.15, 0.2) is 6.10 Å². The lowest BCUT2D eigenvalue weighted by molar-refractivity contribution is 0.127. The Bertz CT molecular complexity index is 278. The molecule has 1 heterocycles. The van der Waals surface area contributed by atoms with Gasteiger partial charge in [-0.1, -0.05) is 39.0 Å². The van der Waals surface area contributed by atoms with Crippen LogP contribution in [-0.2, 0) is 4.74 Å². The van der Waals surface area contributed by atoms with Crippen LogP contribution < -0.4 is 0 Å². The van der Waals surface area contributed by atoms with E-state index in [1.54, 1.807) is 0 Å². The fourth-order valence-electron chi connectivity index (χ4n) is 1.77. The zero-order valence-corrected chi connectivity index (χ0v) is 10.9. The molecule has 1 aliphatic heterocycles. The molecule has 1 rings (SSSR count). The van der Waals surface area contributed by atoms with Gasteiger partial charge in [0, 0.05) is 12.8 Å². The first kappa shape index (κ1) is 13.2. The van der Waals surface area contributed by atoms with Crippen molar-refractivity contribution in [1.82, 2.24) is 0 Å². The smallest absolute Gasteiger partial charge is 0.158 e. The van der Waals surface area contributed by atoms with Gasteiger partial charge >= 0.3 is 0 Å². The first-order chi connectivity index (χ1) is 7.72. The number of allylic oxidation sites excluding steroid dienone is 2. The summed E-state index contributed by atoms with van der Waals surface area (Å²) in [5.74, 6) is 8.29. The standard InChI is InChI=1S/C15H24O/c1-4-5-6-7-9-14-10-8-11-15(16-14)12-13(2)3/h11,13-14H,4-6,8,10,12H2,1-3H3. The second-order valence-corrected chi connectivity index (χ2v) is 4.88. The lowest BCUT2D eigenvalue weighted by Crippen LogP contribution is -2.15. The third kappa shape index (κ3) is 5.26. The lowest BCUT2D eigenvalue weighted by Gasteiger charge is -2.21. The highest BCUT2D eigenvalue weighted by Gasteiger charge is 2.14. The number of hydrogen-bond donors (Lipinski definition) is 0. The van der Waals surface area contributed by atoms with Crippen LogP contribution in [0.2, 0.25) is 0 Å². The quantitative estimate of drug-likeness (QED) is 0.507. The van der Waals surface area contributed by atoms with Gasteiger partial charge < -0.3 is 4.74 Å². The van der Waals surface area contributed by atoms with E-state index in [1.807, 2.05) is 0 Å². The maximum atomic E-state index is 5.86. The van der Waals surface area contributed by atoms with Crippen molar-refractivity contribution in [2.45, 2.75) is 65.4 Å². The summed E-state index contributed by atoms with van der Waals surface area (Å²) in [5, 5.41) is 0. The third-order valence-corrected chi connectivity index (χ3v) is 2.62. The summed E-state index contributed by atoms with van der Waals surface area (Å²) < 4.78 is 5.86. The van der Waals surface area contributed by atoms with Gasteiger partial charge in [-0.2, -0.15) is 0 Å². The maximum absolute atomic E-state index is 5.86. The maximum Gasteiger partial charge on any atom is 0.158 e. The normalized spacial score (nSPS) is 19.8. The zero-order chi connectivity index (χ0) is 11.8. The average molecular weight is 220 g/mol. The van der Waals surface area contributed by atoms with Crippen LogP contribution in [0.3, 0.4) is 0 Å². The summed E-state index contributed by atoms with van der Waals surface area (Å²) in [6.45, 7) is 6.64. The van der Waals surface area contributed by atoms with Crippen LogP contribution in [0.4, 0.5) is 0 Å². The molecule has 0 aromatic carbocycles. The van der Waals surface area contributed by atoms with Crippen LogP contribution in [-0.4, -0.2) is 6.10 Å². The van der Waals surface area contributed by atoms with Crippen LogP contribution in [0.25, 0.3) is 0 Å². The molecule has 0 radical (unpaired) electrons. The summed E-state index contributed by atoms with van der Waals surface area (Å²) in [6, 6.07) is 0. The molecule has 16 heavy (non-hydrogen) atoms. The molecule has 0 bridgehead atoms. The first-order valence-corrected chi connectivity index (χ1v) is 6.56. The first-order valence-electron chi connectivity index (χ1n) is 6.56. The Labute approximate surface area is 100 Å². The SMILES string of the molecule is CCCCC#CC1CCC=C(CC(C)C)O1. The van der Waals surface area contributed by atoms with Crippen LogP contribution >= 0.6 is 0 Å². The summed E-state index contributed by atoms with van der Waals surface area (Å²) in [6.07, 6.45) is 9.04. The molecule has 1 nitrogen and oxygen atoms in total. The fraction of sp³-hybridized carbons (Fsp3) is 0.733. The van der Waals surface area contributed by atoms with E-state index in [1.165, 1.54) is 12.8 Å². The van der Waals surface area contributed by atoms with Gasteiger partial charge in [-0.15, -0.1) is 0 Å². The molecular weight excluding hydrogens is 196 g/mol. The molecule has 0 spiro atoms. The predicted octanol–water partition coefficient (Wildman–Crippen LogP) is 4.29. The van der Waals surface area contributed by atoms with Crippen molar-refractivity contribution in [3.63, 3.8) is 0 Å². The van der Waals surface area contributed by atoms with Crippen molar-refractivity contribution >= 4 is 0 Å². The summed E-state index contributed by atoms with van der Waals surface area (Å²) in [5.41, 5.74) is 0. The molecule has 0 N–H and O–H groups in total. The van der Waals surface area contributed by atoms with Gasteiger partial charge in [-0.05, 0) is 31.3 Å². The molecule has 0 saturated heterocycles. The molecule has 1 unspecified atom stereocenters. The van der Waals surface area contributed by atoms with E-state index in [4.69, 9.17) is 4.74 Å². The lowest BCUT2D eigenvalue weighted by atomic mass is 10.0.